The van der Waals surface area contributed by atoms with Crippen molar-refractivity contribution >= 4 is 18.3 Å². The molecule has 0 spiro atoms. The van der Waals surface area contributed by atoms with Crippen LogP contribution in [0.25, 0.3) is 6.08 Å². The largest absolute Gasteiger partial charge is 0.480 e. The van der Waals surface area contributed by atoms with E-state index in [4.69, 9.17) is 10.8 Å². The Bertz CT molecular complexity index is 416. The number of carboxylic acid groups (broad SMARTS) is 1. The first-order valence-corrected chi connectivity index (χ1v) is 5.77. The number of carboxylic acids is 1. The Kier molecular flexibility index (Phi) is 6.35. The molecule has 1 atom stereocenters. The summed E-state index contributed by atoms with van der Waals surface area (Å²) in [6.07, 6.45) is 9.57. The van der Waals surface area contributed by atoms with Gasteiger partial charge in [-0.25, -0.2) is 4.79 Å². The zero-order valence-electron chi connectivity index (χ0n) is 10.1. The summed E-state index contributed by atoms with van der Waals surface area (Å²) >= 11 is 0. The van der Waals surface area contributed by atoms with Gasteiger partial charge in [-0.3, -0.25) is 9.98 Å². The van der Waals surface area contributed by atoms with Crippen molar-refractivity contribution in [2.75, 3.05) is 6.54 Å². The molecule has 0 aliphatic rings. The average molecular weight is 247 g/mol. The summed E-state index contributed by atoms with van der Waals surface area (Å²) in [7, 11) is 0. The number of hydrogen-bond donors (Lipinski definition) is 2. The van der Waals surface area contributed by atoms with Gasteiger partial charge in [-0.1, -0.05) is 6.08 Å². The van der Waals surface area contributed by atoms with Gasteiger partial charge in [-0.15, -0.1) is 0 Å². The number of rotatable bonds is 7. The zero-order valence-corrected chi connectivity index (χ0v) is 10.1. The van der Waals surface area contributed by atoms with Gasteiger partial charge in [0.15, 0.2) is 0 Å². The van der Waals surface area contributed by atoms with Crippen LogP contribution in [0.2, 0.25) is 0 Å². The Hall–Kier alpha value is -2.01. The third-order valence-electron chi connectivity index (χ3n) is 2.31. The molecule has 1 aromatic heterocycles. The van der Waals surface area contributed by atoms with Crippen LogP contribution < -0.4 is 5.73 Å². The van der Waals surface area contributed by atoms with Crippen molar-refractivity contribution < 1.29 is 9.90 Å². The van der Waals surface area contributed by atoms with Gasteiger partial charge >= 0.3 is 5.97 Å². The number of aromatic nitrogens is 1. The molecule has 5 heteroatoms. The molecule has 0 aliphatic carbocycles. The van der Waals surface area contributed by atoms with E-state index in [0.717, 1.165) is 5.56 Å². The monoisotopic (exact) mass is 247 g/mol. The third kappa shape index (κ3) is 5.36. The van der Waals surface area contributed by atoms with Gasteiger partial charge in [0.05, 0.1) is 0 Å². The highest BCUT2D eigenvalue weighted by Gasteiger charge is 2.13. The highest BCUT2D eigenvalue weighted by molar-refractivity contribution is 5.82. The van der Waals surface area contributed by atoms with Crippen molar-refractivity contribution in [3.8, 4) is 0 Å². The van der Waals surface area contributed by atoms with Crippen LogP contribution in [0, 0.1) is 0 Å². The fourth-order valence-electron chi connectivity index (χ4n) is 1.36. The van der Waals surface area contributed by atoms with E-state index in [2.05, 4.69) is 9.98 Å². The molecule has 1 rings (SSSR count). The number of hydrogen-bond acceptors (Lipinski definition) is 4. The predicted molar refractivity (Wildman–Crippen MR) is 71.5 cm³/mol. The lowest BCUT2D eigenvalue weighted by molar-refractivity contribution is -0.138. The lowest BCUT2D eigenvalue weighted by atomic mass is 10.1. The van der Waals surface area contributed by atoms with Crippen molar-refractivity contribution in [2.24, 2.45) is 10.7 Å². The molecule has 18 heavy (non-hydrogen) atoms. The van der Waals surface area contributed by atoms with Gasteiger partial charge in [0.25, 0.3) is 0 Å². The number of pyridine rings is 1. The number of nitrogens with zero attached hydrogens (tertiary/aromatic N) is 2. The number of allylic oxidation sites excluding steroid dienone is 1. The zero-order chi connectivity index (χ0) is 13.2. The fraction of sp³-hybridized carbons (Fsp3) is 0.308. The second-order valence-corrected chi connectivity index (χ2v) is 3.72. The van der Waals surface area contributed by atoms with Crippen LogP contribution in [-0.2, 0) is 4.79 Å². The van der Waals surface area contributed by atoms with E-state index in [1.807, 2.05) is 18.2 Å². The minimum Gasteiger partial charge on any atom is -0.480 e. The molecule has 0 bridgehead atoms. The summed E-state index contributed by atoms with van der Waals surface area (Å²) in [4.78, 5) is 18.8. The molecule has 0 aromatic carbocycles. The molecule has 0 saturated heterocycles. The van der Waals surface area contributed by atoms with Crippen molar-refractivity contribution in [1.82, 2.24) is 4.98 Å². The van der Waals surface area contributed by atoms with E-state index in [1.54, 1.807) is 18.5 Å². The van der Waals surface area contributed by atoms with E-state index in [9.17, 15) is 4.79 Å². The molecule has 96 valence electrons. The number of aliphatic carboxylic acids is 1. The minimum atomic E-state index is -0.919. The Morgan fingerprint density at radius 3 is 2.83 bits per heavy atom. The second-order valence-electron chi connectivity index (χ2n) is 3.72. The summed E-state index contributed by atoms with van der Waals surface area (Å²) in [5.74, 6) is -0.919. The summed E-state index contributed by atoms with van der Waals surface area (Å²) < 4.78 is 0. The summed E-state index contributed by atoms with van der Waals surface area (Å²) in [5, 5.41) is 8.93. The summed E-state index contributed by atoms with van der Waals surface area (Å²) in [6, 6.07) is 3.00. The van der Waals surface area contributed by atoms with E-state index in [-0.39, 0.29) is 0 Å². The SMILES string of the molecule is NCCCC(N=C/C=C/c1ccncc1)C(=O)O. The first-order chi connectivity index (χ1) is 8.74. The lowest BCUT2D eigenvalue weighted by Gasteiger charge is -2.04. The van der Waals surface area contributed by atoms with Crippen LogP contribution >= 0.6 is 0 Å². The standard InChI is InChI=1S/C13H17N3O2/c14-7-1-4-12(13(17)18)16-8-2-3-11-5-9-15-10-6-11/h2-3,5-6,8-10,12H,1,4,7,14H2,(H,17,18)/b3-2+,16-8?. The Balaban J connectivity index is 2.51. The molecule has 0 amide bonds. The van der Waals surface area contributed by atoms with Crippen molar-refractivity contribution in [3.05, 3.63) is 36.2 Å². The Labute approximate surface area is 106 Å². The molecule has 0 radical (unpaired) electrons. The maximum Gasteiger partial charge on any atom is 0.328 e. The second kappa shape index (κ2) is 8.14. The topological polar surface area (TPSA) is 88.6 Å². The van der Waals surface area contributed by atoms with Gasteiger partial charge in [0, 0.05) is 18.6 Å². The predicted octanol–water partition coefficient (Wildman–Crippen LogP) is 1.36. The fourth-order valence-corrected chi connectivity index (χ4v) is 1.36. The highest BCUT2D eigenvalue weighted by atomic mass is 16.4. The van der Waals surface area contributed by atoms with Gasteiger partial charge in [-0.2, -0.15) is 0 Å². The normalized spacial score (nSPS) is 13.2. The summed E-state index contributed by atoms with van der Waals surface area (Å²) in [5.41, 5.74) is 6.33. The maximum atomic E-state index is 10.9. The van der Waals surface area contributed by atoms with Crippen molar-refractivity contribution in [2.45, 2.75) is 18.9 Å². The maximum absolute atomic E-state index is 10.9. The smallest absolute Gasteiger partial charge is 0.328 e. The molecular weight excluding hydrogens is 230 g/mol. The van der Waals surface area contributed by atoms with Gasteiger partial charge < -0.3 is 10.8 Å². The molecule has 1 heterocycles. The number of aliphatic imine (C=N–C) groups is 1. The Morgan fingerprint density at radius 2 is 2.22 bits per heavy atom. The van der Waals surface area contributed by atoms with Crippen LogP contribution in [0.5, 0.6) is 0 Å². The Morgan fingerprint density at radius 1 is 1.50 bits per heavy atom. The molecule has 3 N–H and O–H groups in total. The molecule has 0 aliphatic heterocycles. The van der Waals surface area contributed by atoms with Gasteiger partial charge in [-0.05, 0) is 43.2 Å². The third-order valence-corrected chi connectivity index (χ3v) is 2.31. The quantitative estimate of drug-likeness (QED) is 0.712. The average Bonchev–Trinajstić information content (AvgIpc) is 2.38. The van der Waals surface area contributed by atoms with Crippen LogP contribution in [0.4, 0.5) is 0 Å². The van der Waals surface area contributed by atoms with E-state index >= 15 is 0 Å². The molecule has 5 nitrogen and oxygen atoms in total. The molecule has 0 saturated carbocycles. The number of carbonyl (C=O) groups is 1. The van der Waals surface area contributed by atoms with Crippen molar-refractivity contribution in [1.29, 1.82) is 0 Å². The van der Waals surface area contributed by atoms with Crippen LogP contribution in [0.15, 0.2) is 35.6 Å². The molecule has 1 aromatic rings. The van der Waals surface area contributed by atoms with Crippen LogP contribution in [0.3, 0.4) is 0 Å². The number of nitrogens with two attached hydrogens (primary N) is 1. The molecular formula is C13H17N3O2. The highest BCUT2D eigenvalue weighted by Crippen LogP contribution is 2.02. The van der Waals surface area contributed by atoms with Crippen LogP contribution in [0.1, 0.15) is 18.4 Å². The van der Waals surface area contributed by atoms with E-state index in [1.165, 1.54) is 6.21 Å². The lowest BCUT2D eigenvalue weighted by Crippen LogP contribution is -2.19. The van der Waals surface area contributed by atoms with E-state index in [0.29, 0.717) is 19.4 Å². The van der Waals surface area contributed by atoms with Gasteiger partial charge in [0.2, 0.25) is 0 Å². The molecule has 1 unspecified atom stereocenters. The summed E-state index contributed by atoms with van der Waals surface area (Å²) in [6.45, 7) is 0.478. The first kappa shape index (κ1) is 14.1. The van der Waals surface area contributed by atoms with Crippen molar-refractivity contribution in [3.63, 3.8) is 0 Å². The first-order valence-electron chi connectivity index (χ1n) is 5.77. The van der Waals surface area contributed by atoms with E-state index < -0.39 is 12.0 Å². The van der Waals surface area contributed by atoms with Crippen LogP contribution in [-0.4, -0.2) is 34.9 Å². The van der Waals surface area contributed by atoms with Gasteiger partial charge in [0.1, 0.15) is 6.04 Å². The minimum absolute atomic E-state index is 0.464. The molecule has 0 fully saturated rings.